The molecule has 88 valence electrons. The minimum atomic E-state index is -4.27. The summed E-state index contributed by atoms with van der Waals surface area (Å²) >= 11 is 1.90. The van der Waals surface area contributed by atoms with Crippen molar-refractivity contribution in [1.82, 2.24) is 4.98 Å². The maximum atomic E-state index is 11.0. The molecule has 0 fully saturated rings. The van der Waals surface area contributed by atoms with Gasteiger partial charge in [0.15, 0.2) is 0 Å². The molecule has 0 aliphatic heterocycles. The van der Waals surface area contributed by atoms with Gasteiger partial charge in [0.05, 0.1) is 10.2 Å². The van der Waals surface area contributed by atoms with Gasteiger partial charge in [-0.15, -0.1) is 11.3 Å². The van der Waals surface area contributed by atoms with Crippen molar-refractivity contribution in [3.8, 4) is 5.40 Å². The maximum absolute atomic E-state index is 11.0. The van der Waals surface area contributed by atoms with Crippen molar-refractivity contribution < 1.29 is 13.0 Å². The second-order valence-corrected chi connectivity index (χ2v) is 6.64. The van der Waals surface area contributed by atoms with Gasteiger partial charge in [0.2, 0.25) is 4.34 Å². The zero-order valence-corrected chi connectivity index (χ0v) is 11.0. The minimum absolute atomic E-state index is 0.324. The van der Waals surface area contributed by atoms with Crippen molar-refractivity contribution in [3.05, 3.63) is 17.7 Å². The average Bonchev–Trinajstić information content (AvgIpc) is 2.66. The van der Waals surface area contributed by atoms with Crippen LogP contribution in [0.25, 0.3) is 10.2 Å². The normalized spacial score (nSPS) is 11.6. The molecular weight excluding hydrogens is 280 g/mol. The fourth-order valence-corrected chi connectivity index (χ4v) is 3.49. The molecule has 2 aromatic rings. The van der Waals surface area contributed by atoms with Crippen LogP contribution in [0.2, 0.25) is 0 Å². The first-order valence-corrected chi connectivity index (χ1v) is 7.44. The van der Waals surface area contributed by atoms with Crippen molar-refractivity contribution in [3.63, 3.8) is 0 Å². The number of hydrogen-bond acceptors (Lipinski definition) is 6. The zero-order valence-electron chi connectivity index (χ0n) is 8.54. The van der Waals surface area contributed by atoms with E-state index in [0.717, 1.165) is 33.6 Å². The van der Waals surface area contributed by atoms with Gasteiger partial charge in [0.25, 0.3) is 0 Å². The molecule has 0 saturated carbocycles. The summed E-state index contributed by atoms with van der Waals surface area (Å²) in [7, 11) is -4.27. The average molecular weight is 286 g/mol. The molecule has 0 amide bonds. The number of thioether (sulfide) groups is 1. The second kappa shape index (κ2) is 4.27. The van der Waals surface area contributed by atoms with E-state index in [-0.39, 0.29) is 4.34 Å². The topological polar surface area (TPSA) is 91.0 Å². The highest BCUT2D eigenvalue weighted by atomic mass is 32.3. The highest BCUT2D eigenvalue weighted by Gasteiger charge is 2.17. The zero-order chi connectivity index (χ0) is 12.6. The highest BCUT2D eigenvalue weighted by Crippen LogP contribution is 2.32. The fraction of sp³-hybridized carbons (Fsp3) is 0.111. The Hall–Kier alpha value is -1.14. The predicted octanol–water partition coefficient (Wildman–Crippen LogP) is 2.42. The Morgan fingerprint density at radius 2 is 2.24 bits per heavy atom. The summed E-state index contributed by atoms with van der Waals surface area (Å²) in [5.74, 6) is 0. The van der Waals surface area contributed by atoms with Crippen LogP contribution in [0.5, 0.6) is 0 Å². The molecular formula is C9H6N2O3S3. The molecule has 2 rings (SSSR count). The number of nitriles is 1. The Labute approximate surface area is 106 Å². The monoisotopic (exact) mass is 286 g/mol. The number of rotatable bonds is 2. The summed E-state index contributed by atoms with van der Waals surface area (Å²) in [6.45, 7) is 1.76. The quantitative estimate of drug-likeness (QED) is 0.518. The van der Waals surface area contributed by atoms with Crippen molar-refractivity contribution in [2.24, 2.45) is 0 Å². The lowest BCUT2D eigenvalue weighted by atomic mass is 10.2. The molecule has 0 atom stereocenters. The molecule has 0 unspecified atom stereocenters. The van der Waals surface area contributed by atoms with Gasteiger partial charge in [-0.05, 0) is 36.4 Å². The van der Waals surface area contributed by atoms with Crippen LogP contribution in [0, 0.1) is 17.6 Å². The van der Waals surface area contributed by atoms with Gasteiger partial charge >= 0.3 is 10.1 Å². The van der Waals surface area contributed by atoms with Crippen LogP contribution < -0.4 is 0 Å². The molecule has 0 aliphatic rings. The van der Waals surface area contributed by atoms with Crippen LogP contribution in [0.4, 0.5) is 0 Å². The van der Waals surface area contributed by atoms with E-state index in [1.807, 2.05) is 5.40 Å². The van der Waals surface area contributed by atoms with E-state index in [1.165, 1.54) is 0 Å². The molecule has 0 radical (unpaired) electrons. The summed E-state index contributed by atoms with van der Waals surface area (Å²) in [6, 6.07) is 3.42. The number of benzene rings is 1. The summed E-state index contributed by atoms with van der Waals surface area (Å²) in [4.78, 5) is 4.61. The molecule has 0 bridgehead atoms. The standard InChI is InChI=1S/C9H6N2O3S3/c1-5-6(15-4-10)2-3-7-8(5)11-9(16-7)17(12,13)14/h2-3H,1H3,(H,12,13,14). The Balaban J connectivity index is 2.71. The van der Waals surface area contributed by atoms with Crippen molar-refractivity contribution >= 4 is 43.4 Å². The molecule has 1 heterocycles. The number of aryl methyl sites for hydroxylation is 1. The van der Waals surface area contributed by atoms with Gasteiger partial charge in [0, 0.05) is 4.90 Å². The predicted molar refractivity (Wildman–Crippen MR) is 65.6 cm³/mol. The summed E-state index contributed by atoms with van der Waals surface area (Å²) < 4.78 is 31.2. The van der Waals surface area contributed by atoms with E-state index >= 15 is 0 Å². The van der Waals surface area contributed by atoms with Crippen molar-refractivity contribution in [1.29, 1.82) is 5.26 Å². The lowest BCUT2D eigenvalue weighted by molar-refractivity contribution is 0.482. The molecule has 5 nitrogen and oxygen atoms in total. The SMILES string of the molecule is Cc1c(SC#N)ccc2sc(S(=O)(=O)O)nc12. The number of thiocyanates is 1. The summed E-state index contributed by atoms with van der Waals surface area (Å²) in [6.07, 6.45) is 0. The highest BCUT2D eigenvalue weighted by molar-refractivity contribution is 8.03. The van der Waals surface area contributed by atoms with E-state index in [1.54, 1.807) is 19.1 Å². The lowest BCUT2D eigenvalue weighted by Crippen LogP contribution is -1.96. The van der Waals surface area contributed by atoms with Crippen LogP contribution in [-0.2, 0) is 10.1 Å². The Morgan fingerprint density at radius 3 is 2.82 bits per heavy atom. The van der Waals surface area contributed by atoms with Crippen molar-refractivity contribution in [2.45, 2.75) is 16.2 Å². The number of fused-ring (bicyclic) bond motifs is 1. The largest absolute Gasteiger partial charge is 0.322 e. The van der Waals surface area contributed by atoms with E-state index < -0.39 is 10.1 Å². The Kier molecular flexibility index (Phi) is 3.09. The first kappa shape index (κ1) is 12.3. The van der Waals surface area contributed by atoms with Gasteiger partial charge < -0.3 is 0 Å². The van der Waals surface area contributed by atoms with Gasteiger partial charge in [-0.1, -0.05) is 0 Å². The summed E-state index contributed by atoms with van der Waals surface area (Å²) in [5, 5.41) is 10.6. The first-order chi connectivity index (χ1) is 7.93. The third kappa shape index (κ3) is 2.28. The minimum Gasteiger partial charge on any atom is -0.280 e. The molecule has 1 aromatic heterocycles. The van der Waals surface area contributed by atoms with E-state index in [9.17, 15) is 8.42 Å². The number of aromatic nitrogens is 1. The molecule has 17 heavy (non-hydrogen) atoms. The van der Waals surface area contributed by atoms with Crippen molar-refractivity contribution in [2.75, 3.05) is 0 Å². The van der Waals surface area contributed by atoms with Gasteiger partial charge in [0.1, 0.15) is 5.40 Å². The van der Waals surface area contributed by atoms with Crippen LogP contribution in [0.3, 0.4) is 0 Å². The lowest BCUT2D eigenvalue weighted by Gasteiger charge is -1.99. The molecule has 0 spiro atoms. The van der Waals surface area contributed by atoms with E-state index in [4.69, 9.17) is 9.81 Å². The van der Waals surface area contributed by atoms with Gasteiger partial charge in [-0.3, -0.25) is 4.55 Å². The second-order valence-electron chi connectivity index (χ2n) is 3.18. The smallest absolute Gasteiger partial charge is 0.280 e. The van der Waals surface area contributed by atoms with Crippen LogP contribution in [0.1, 0.15) is 5.56 Å². The van der Waals surface area contributed by atoms with Gasteiger partial charge in [-0.2, -0.15) is 13.7 Å². The number of thiazole rings is 1. The summed E-state index contributed by atoms with van der Waals surface area (Å²) in [5.41, 5.74) is 1.24. The fourth-order valence-electron chi connectivity index (χ4n) is 1.36. The molecule has 0 aliphatic carbocycles. The van der Waals surface area contributed by atoms with E-state index in [0.29, 0.717) is 10.2 Å². The van der Waals surface area contributed by atoms with Crippen LogP contribution in [0.15, 0.2) is 21.4 Å². The first-order valence-electron chi connectivity index (χ1n) is 4.37. The third-order valence-electron chi connectivity index (χ3n) is 2.12. The molecule has 1 N–H and O–H groups in total. The number of hydrogen-bond donors (Lipinski definition) is 1. The number of nitrogens with zero attached hydrogens (tertiary/aromatic N) is 2. The molecule has 8 heteroatoms. The molecule has 0 saturated heterocycles. The van der Waals surface area contributed by atoms with Crippen LogP contribution >= 0.6 is 23.1 Å². The molecule has 1 aromatic carbocycles. The third-order valence-corrected chi connectivity index (χ3v) is 5.10. The Morgan fingerprint density at radius 1 is 1.53 bits per heavy atom. The van der Waals surface area contributed by atoms with E-state index in [2.05, 4.69) is 4.98 Å². The van der Waals surface area contributed by atoms with Crippen LogP contribution in [-0.4, -0.2) is 18.0 Å². The van der Waals surface area contributed by atoms with Gasteiger partial charge in [-0.25, -0.2) is 4.98 Å². The maximum Gasteiger partial charge on any atom is 0.322 e. The Bertz CT molecular complexity index is 728.